The quantitative estimate of drug-likeness (QED) is 0.357. The molecule has 2 fully saturated rings. The highest BCUT2D eigenvalue weighted by Gasteiger charge is 2.80. The van der Waals surface area contributed by atoms with E-state index in [0.717, 1.165) is 27.8 Å². The Bertz CT molecular complexity index is 1490. The van der Waals surface area contributed by atoms with Gasteiger partial charge in [-0.2, -0.15) is 0 Å². The molecule has 2 amide bonds. The Morgan fingerprint density at radius 2 is 1.38 bits per heavy atom. The smallest absolute Gasteiger partial charge is 0.239 e. The van der Waals surface area contributed by atoms with Crippen molar-refractivity contribution >= 4 is 46.0 Å². The molecule has 186 valence electrons. The van der Waals surface area contributed by atoms with Crippen molar-refractivity contribution in [3.63, 3.8) is 0 Å². The number of halogens is 1. The molecule has 0 aromatic heterocycles. The molecule has 1 aliphatic heterocycles. The summed E-state index contributed by atoms with van der Waals surface area (Å²) in [6.45, 7) is 5.81. The lowest BCUT2D eigenvalue weighted by molar-refractivity contribution is -0.134. The fraction of sp³-hybridized carbons (Fsp3) is 0.281. The molecule has 2 aliphatic carbocycles. The number of allylic oxidation sites excluding steroid dienone is 2. The Morgan fingerprint density at radius 1 is 0.811 bits per heavy atom. The van der Waals surface area contributed by atoms with Gasteiger partial charge < -0.3 is 0 Å². The number of carbonyl (C=O) groups excluding carboxylic acids is 3. The minimum Gasteiger partial charge on any atom is -0.298 e. The summed E-state index contributed by atoms with van der Waals surface area (Å²) in [5.41, 5.74) is 2.77. The maximum Gasteiger partial charge on any atom is 0.239 e. The van der Waals surface area contributed by atoms with Crippen LogP contribution < -0.4 is 4.90 Å². The van der Waals surface area contributed by atoms with Gasteiger partial charge in [0.05, 0.1) is 28.4 Å². The molecule has 4 atom stereocenters. The van der Waals surface area contributed by atoms with E-state index in [4.69, 9.17) is 11.6 Å². The van der Waals surface area contributed by atoms with Crippen LogP contribution in [0.15, 0.2) is 78.9 Å². The van der Waals surface area contributed by atoms with Crippen LogP contribution in [0.5, 0.6) is 0 Å². The number of carbonyl (C=O) groups is 3. The Hall–Kier alpha value is -3.50. The third-order valence-electron chi connectivity index (χ3n) is 8.73. The van der Waals surface area contributed by atoms with Gasteiger partial charge in [0, 0.05) is 5.02 Å². The van der Waals surface area contributed by atoms with E-state index in [2.05, 4.69) is 0 Å². The summed E-state index contributed by atoms with van der Waals surface area (Å²) in [4.78, 5) is 44.4. The molecule has 6 rings (SSSR count). The lowest BCUT2D eigenvalue weighted by atomic mass is 9.61. The first-order valence-electron chi connectivity index (χ1n) is 12.8. The molecule has 4 nitrogen and oxygen atoms in total. The number of hydrogen-bond donors (Lipinski definition) is 0. The van der Waals surface area contributed by atoms with Crippen molar-refractivity contribution in [3.05, 3.63) is 101 Å². The number of imide groups is 1. The minimum absolute atomic E-state index is 0.00200. The average molecular weight is 510 g/mol. The van der Waals surface area contributed by atoms with Crippen molar-refractivity contribution < 1.29 is 14.4 Å². The summed E-state index contributed by atoms with van der Waals surface area (Å²) >= 11 is 6.40. The van der Waals surface area contributed by atoms with Crippen molar-refractivity contribution in [2.24, 2.45) is 22.7 Å². The lowest BCUT2D eigenvalue weighted by Gasteiger charge is -2.37. The molecule has 1 saturated carbocycles. The van der Waals surface area contributed by atoms with E-state index >= 15 is 0 Å². The van der Waals surface area contributed by atoms with Crippen LogP contribution >= 0.6 is 11.6 Å². The third-order valence-corrected chi connectivity index (χ3v) is 9.14. The van der Waals surface area contributed by atoms with Crippen molar-refractivity contribution in [1.29, 1.82) is 0 Å². The molecule has 2 bridgehead atoms. The van der Waals surface area contributed by atoms with Gasteiger partial charge in [-0.05, 0) is 60.2 Å². The molecule has 37 heavy (non-hydrogen) atoms. The van der Waals surface area contributed by atoms with Gasteiger partial charge in [0.2, 0.25) is 11.8 Å². The van der Waals surface area contributed by atoms with Crippen LogP contribution in [-0.4, -0.2) is 17.6 Å². The molecule has 0 spiro atoms. The first-order valence-corrected chi connectivity index (χ1v) is 13.2. The fourth-order valence-electron chi connectivity index (χ4n) is 7.33. The van der Waals surface area contributed by atoms with Crippen molar-refractivity contribution in [1.82, 2.24) is 0 Å². The van der Waals surface area contributed by atoms with Crippen LogP contribution in [-0.2, 0) is 14.4 Å². The molecular formula is C32H28ClNO3. The second-order valence-electron chi connectivity index (χ2n) is 10.6. The summed E-state index contributed by atoms with van der Waals surface area (Å²) in [7, 11) is 0. The first kappa shape index (κ1) is 23.9. The summed E-state index contributed by atoms with van der Waals surface area (Å²) in [5.74, 6) is -2.13. The summed E-state index contributed by atoms with van der Waals surface area (Å²) in [5, 5.41) is 0.497. The standard InChI is InChI=1S/C32H28ClNO3/c1-4-17-32-25(21-13-9-6-10-14-21)24(20-11-7-5-8-12-20)31(3,30(32)37)26-27(32)29(36)34(28(26)35)22-16-15-19(2)23(33)18-22/h5-16,18,26-27H,4,17H2,1-3H3/t26-,27+,31-,32+/m0/s1. The molecule has 5 heteroatoms. The van der Waals surface area contributed by atoms with Crippen LogP contribution in [0.4, 0.5) is 5.69 Å². The number of rotatable bonds is 5. The fourth-order valence-corrected chi connectivity index (χ4v) is 7.51. The second-order valence-corrected chi connectivity index (χ2v) is 11.0. The monoisotopic (exact) mass is 509 g/mol. The molecule has 1 heterocycles. The summed E-state index contributed by atoms with van der Waals surface area (Å²) < 4.78 is 0. The third kappa shape index (κ3) is 2.93. The van der Waals surface area contributed by atoms with Crippen LogP contribution in [0.25, 0.3) is 11.1 Å². The summed E-state index contributed by atoms with van der Waals surface area (Å²) in [6, 6.07) is 25.0. The van der Waals surface area contributed by atoms with Gasteiger partial charge in [-0.3, -0.25) is 14.4 Å². The van der Waals surface area contributed by atoms with E-state index in [0.29, 0.717) is 23.6 Å². The van der Waals surface area contributed by atoms with E-state index in [1.807, 2.05) is 87.5 Å². The molecule has 3 aromatic carbocycles. The highest BCUT2D eigenvalue weighted by molar-refractivity contribution is 6.35. The maximum atomic E-state index is 14.6. The van der Waals surface area contributed by atoms with Gasteiger partial charge in [0.15, 0.2) is 5.78 Å². The molecule has 1 saturated heterocycles. The van der Waals surface area contributed by atoms with E-state index in [-0.39, 0.29) is 17.6 Å². The number of amides is 2. The Labute approximate surface area is 221 Å². The number of fused-ring (bicyclic) bond motifs is 5. The van der Waals surface area contributed by atoms with Gasteiger partial charge in [0.25, 0.3) is 0 Å². The van der Waals surface area contributed by atoms with Crippen LogP contribution in [0.2, 0.25) is 5.02 Å². The van der Waals surface area contributed by atoms with Crippen molar-refractivity contribution in [3.8, 4) is 0 Å². The van der Waals surface area contributed by atoms with E-state index in [1.54, 1.807) is 12.1 Å². The molecule has 3 aliphatic rings. The molecule has 3 aromatic rings. The second kappa shape index (κ2) is 8.26. The zero-order valence-electron chi connectivity index (χ0n) is 21.1. The van der Waals surface area contributed by atoms with E-state index < -0.39 is 22.7 Å². The summed E-state index contributed by atoms with van der Waals surface area (Å²) in [6.07, 6.45) is 1.21. The minimum atomic E-state index is -1.12. The molecule has 0 N–H and O–H groups in total. The van der Waals surface area contributed by atoms with Gasteiger partial charge in [-0.25, -0.2) is 4.90 Å². The van der Waals surface area contributed by atoms with Crippen LogP contribution in [0, 0.1) is 29.6 Å². The number of aryl methyl sites for hydroxylation is 1. The number of hydrogen-bond acceptors (Lipinski definition) is 3. The van der Waals surface area contributed by atoms with Gasteiger partial charge in [0.1, 0.15) is 0 Å². The Balaban J connectivity index is 1.65. The Kier molecular flexibility index (Phi) is 5.33. The van der Waals surface area contributed by atoms with Crippen LogP contribution in [0.3, 0.4) is 0 Å². The molecule has 0 unspecified atom stereocenters. The largest absolute Gasteiger partial charge is 0.298 e. The van der Waals surface area contributed by atoms with E-state index in [9.17, 15) is 14.4 Å². The average Bonchev–Trinajstić information content (AvgIpc) is 3.37. The lowest BCUT2D eigenvalue weighted by Crippen LogP contribution is -2.41. The number of nitrogens with zero attached hydrogens (tertiary/aromatic N) is 1. The number of ketones is 1. The van der Waals surface area contributed by atoms with E-state index in [1.165, 1.54) is 4.90 Å². The zero-order valence-corrected chi connectivity index (χ0v) is 21.9. The predicted molar refractivity (Wildman–Crippen MR) is 146 cm³/mol. The molecular weight excluding hydrogens is 482 g/mol. The Morgan fingerprint density at radius 3 is 1.95 bits per heavy atom. The van der Waals surface area contributed by atoms with Gasteiger partial charge in [-0.1, -0.05) is 91.7 Å². The number of Topliss-reactive ketones (excluding diaryl/α,β-unsaturated/α-hetero) is 1. The number of benzene rings is 3. The van der Waals surface area contributed by atoms with Crippen molar-refractivity contribution in [2.75, 3.05) is 4.90 Å². The SMILES string of the molecule is CCC[C@@]12C(=O)[C@@](C)(C(c3ccccc3)=C1c1ccccc1)[C@@H]1C(=O)N(c3ccc(C)c(Cl)c3)C(=O)[C@@H]12. The highest BCUT2D eigenvalue weighted by Crippen LogP contribution is 2.75. The van der Waals surface area contributed by atoms with Gasteiger partial charge >= 0.3 is 0 Å². The van der Waals surface area contributed by atoms with Gasteiger partial charge in [-0.15, -0.1) is 0 Å². The van der Waals surface area contributed by atoms with Crippen LogP contribution in [0.1, 0.15) is 43.4 Å². The maximum absolute atomic E-state index is 14.6. The first-order chi connectivity index (χ1) is 17.8. The zero-order chi connectivity index (χ0) is 26.1. The normalized spacial score (nSPS) is 28.4. The molecule has 0 radical (unpaired) electrons. The highest BCUT2D eigenvalue weighted by atomic mass is 35.5. The topological polar surface area (TPSA) is 54.5 Å². The van der Waals surface area contributed by atoms with Crippen molar-refractivity contribution in [2.45, 2.75) is 33.6 Å². The predicted octanol–water partition coefficient (Wildman–Crippen LogP) is 6.75. The number of anilines is 1.